The van der Waals surface area contributed by atoms with Gasteiger partial charge >= 0.3 is 12.0 Å². The van der Waals surface area contributed by atoms with Crippen LogP contribution in [0.4, 0.5) is 10.7 Å². The van der Waals surface area contributed by atoms with Gasteiger partial charge in [0, 0.05) is 13.1 Å². The van der Waals surface area contributed by atoms with Gasteiger partial charge in [0.05, 0.1) is 17.3 Å². The minimum absolute atomic E-state index is 0.135. The van der Waals surface area contributed by atoms with Crippen LogP contribution in [0.3, 0.4) is 0 Å². The first-order chi connectivity index (χ1) is 9.47. The highest BCUT2D eigenvalue weighted by atomic mass is 16.4. The van der Waals surface area contributed by atoms with Gasteiger partial charge in [0.2, 0.25) is 0 Å². The summed E-state index contributed by atoms with van der Waals surface area (Å²) in [6.45, 7) is 4.30. The molecule has 1 aromatic heterocycles. The van der Waals surface area contributed by atoms with Gasteiger partial charge in [-0.2, -0.15) is 5.10 Å². The van der Waals surface area contributed by atoms with E-state index < -0.39 is 11.9 Å². The predicted molar refractivity (Wildman–Crippen MR) is 70.3 cm³/mol. The monoisotopic (exact) mass is 279 g/mol. The van der Waals surface area contributed by atoms with E-state index in [4.69, 9.17) is 5.11 Å². The van der Waals surface area contributed by atoms with Crippen LogP contribution in [-0.4, -0.2) is 50.3 Å². The molecule has 0 aromatic carbocycles. The number of urea groups is 1. The number of carboxylic acids is 1. The molecule has 1 aromatic rings. The Morgan fingerprint density at radius 1 is 1.30 bits per heavy atom. The highest BCUT2D eigenvalue weighted by Gasteiger charge is 2.28. The maximum Gasteiger partial charge on any atom is 0.324 e. The molecule has 0 saturated carbocycles. The summed E-state index contributed by atoms with van der Waals surface area (Å²) < 4.78 is 0. The first-order valence-electron chi connectivity index (χ1n) is 6.44. The molecule has 0 bridgehead atoms. The van der Waals surface area contributed by atoms with E-state index in [-0.39, 0.29) is 18.5 Å². The van der Waals surface area contributed by atoms with Crippen LogP contribution in [0.1, 0.15) is 24.2 Å². The number of hydrogen-bond acceptors (Lipinski definition) is 5. The number of amides is 2. The fourth-order valence-electron chi connectivity index (χ4n) is 2.05. The van der Waals surface area contributed by atoms with E-state index >= 15 is 0 Å². The van der Waals surface area contributed by atoms with Gasteiger partial charge in [0.25, 0.3) is 5.95 Å². The number of rotatable bonds is 2. The van der Waals surface area contributed by atoms with E-state index in [2.05, 4.69) is 20.5 Å². The lowest BCUT2D eigenvalue weighted by Gasteiger charge is -2.30. The number of aryl methyl sites for hydroxylation is 2. The SMILES string of the molecule is Cc1nnc(NC(=O)N2CCC[C@@H](C(=O)O)C2)nc1C. The Hall–Kier alpha value is -2.25. The summed E-state index contributed by atoms with van der Waals surface area (Å²) in [7, 11) is 0. The second-order valence-corrected chi connectivity index (χ2v) is 4.86. The van der Waals surface area contributed by atoms with Crippen molar-refractivity contribution in [1.82, 2.24) is 20.1 Å². The Labute approximate surface area is 116 Å². The Morgan fingerprint density at radius 2 is 2.05 bits per heavy atom. The third kappa shape index (κ3) is 3.19. The quantitative estimate of drug-likeness (QED) is 0.829. The zero-order valence-electron chi connectivity index (χ0n) is 11.5. The van der Waals surface area contributed by atoms with Gasteiger partial charge in [-0.15, -0.1) is 5.10 Å². The smallest absolute Gasteiger partial charge is 0.324 e. The number of hydrogen-bond donors (Lipinski definition) is 2. The maximum atomic E-state index is 12.0. The standard InChI is InChI=1S/C12H17N5O3/c1-7-8(2)15-16-11(13-7)14-12(20)17-5-3-4-9(6-17)10(18)19/h9H,3-6H2,1-2H3,(H,18,19)(H,13,14,16,20)/t9-/m1/s1. The number of carbonyl (C=O) groups excluding carboxylic acids is 1. The Balaban J connectivity index is 2.00. The van der Waals surface area contributed by atoms with Crippen LogP contribution in [0.25, 0.3) is 0 Å². The number of likely N-dealkylation sites (tertiary alicyclic amines) is 1. The molecule has 0 aliphatic carbocycles. The molecule has 108 valence electrons. The van der Waals surface area contributed by atoms with Crippen LogP contribution >= 0.6 is 0 Å². The fourth-order valence-corrected chi connectivity index (χ4v) is 2.05. The van der Waals surface area contributed by atoms with Gasteiger partial charge in [-0.05, 0) is 26.7 Å². The predicted octanol–water partition coefficient (Wildman–Crippen LogP) is 0.817. The van der Waals surface area contributed by atoms with E-state index in [0.717, 1.165) is 0 Å². The van der Waals surface area contributed by atoms with E-state index in [1.807, 2.05) is 0 Å². The van der Waals surface area contributed by atoms with Crippen molar-refractivity contribution in [2.45, 2.75) is 26.7 Å². The molecule has 1 atom stereocenters. The number of piperidine rings is 1. The highest BCUT2D eigenvalue weighted by Crippen LogP contribution is 2.17. The molecule has 1 fully saturated rings. The average molecular weight is 279 g/mol. The number of nitrogens with zero attached hydrogens (tertiary/aromatic N) is 4. The number of aliphatic carboxylic acids is 1. The van der Waals surface area contributed by atoms with Gasteiger partial charge in [0.1, 0.15) is 0 Å². The summed E-state index contributed by atoms with van der Waals surface area (Å²) >= 11 is 0. The second kappa shape index (κ2) is 5.81. The molecule has 1 saturated heterocycles. The molecule has 0 unspecified atom stereocenters. The third-order valence-electron chi connectivity index (χ3n) is 3.37. The van der Waals surface area contributed by atoms with Crippen LogP contribution in [-0.2, 0) is 4.79 Å². The topological polar surface area (TPSA) is 108 Å². The lowest BCUT2D eigenvalue weighted by molar-refractivity contribution is -0.143. The Kier molecular flexibility index (Phi) is 4.11. The Morgan fingerprint density at radius 3 is 2.70 bits per heavy atom. The van der Waals surface area contributed by atoms with Gasteiger partial charge in [-0.1, -0.05) is 0 Å². The molecule has 2 rings (SSSR count). The first-order valence-corrected chi connectivity index (χ1v) is 6.44. The van der Waals surface area contributed by atoms with Crippen molar-refractivity contribution < 1.29 is 14.7 Å². The number of aromatic nitrogens is 3. The van der Waals surface area contributed by atoms with Crippen LogP contribution in [0, 0.1) is 19.8 Å². The molecule has 2 amide bonds. The zero-order valence-corrected chi connectivity index (χ0v) is 11.5. The van der Waals surface area contributed by atoms with Gasteiger partial charge in [-0.3, -0.25) is 10.1 Å². The summed E-state index contributed by atoms with van der Waals surface area (Å²) in [5.41, 5.74) is 1.39. The molecule has 8 nitrogen and oxygen atoms in total. The van der Waals surface area contributed by atoms with Crippen LogP contribution in [0.2, 0.25) is 0 Å². The summed E-state index contributed by atoms with van der Waals surface area (Å²) in [6, 6.07) is -0.388. The molecule has 1 aliphatic heterocycles. The van der Waals surface area contributed by atoms with Crippen LogP contribution in [0.5, 0.6) is 0 Å². The average Bonchev–Trinajstić information content (AvgIpc) is 2.43. The minimum Gasteiger partial charge on any atom is -0.481 e. The number of anilines is 1. The fraction of sp³-hybridized carbons (Fsp3) is 0.583. The van der Waals surface area contributed by atoms with Crippen LogP contribution < -0.4 is 5.32 Å². The van der Waals surface area contributed by atoms with Crippen molar-refractivity contribution in [3.05, 3.63) is 11.4 Å². The van der Waals surface area contributed by atoms with E-state index in [1.54, 1.807) is 13.8 Å². The summed E-state index contributed by atoms with van der Waals surface area (Å²) in [6.07, 6.45) is 1.28. The van der Waals surface area contributed by atoms with Crippen molar-refractivity contribution in [3.8, 4) is 0 Å². The van der Waals surface area contributed by atoms with E-state index in [1.165, 1.54) is 4.90 Å². The number of carboxylic acid groups (broad SMARTS) is 1. The first kappa shape index (κ1) is 14.2. The summed E-state index contributed by atoms with van der Waals surface area (Å²) in [5, 5.41) is 19.2. The van der Waals surface area contributed by atoms with E-state index in [0.29, 0.717) is 30.8 Å². The highest BCUT2D eigenvalue weighted by molar-refractivity contribution is 5.87. The molecule has 2 N–H and O–H groups in total. The van der Waals surface area contributed by atoms with Crippen molar-refractivity contribution in [2.24, 2.45) is 5.92 Å². The van der Waals surface area contributed by atoms with Crippen molar-refractivity contribution in [3.63, 3.8) is 0 Å². The molecular weight excluding hydrogens is 262 g/mol. The summed E-state index contributed by atoms with van der Waals surface area (Å²) in [5.74, 6) is -1.24. The lowest BCUT2D eigenvalue weighted by atomic mass is 9.99. The van der Waals surface area contributed by atoms with Gasteiger partial charge < -0.3 is 10.0 Å². The second-order valence-electron chi connectivity index (χ2n) is 4.86. The van der Waals surface area contributed by atoms with Gasteiger partial charge in [-0.25, -0.2) is 9.78 Å². The van der Waals surface area contributed by atoms with Gasteiger partial charge in [0.15, 0.2) is 0 Å². The maximum absolute atomic E-state index is 12.0. The minimum atomic E-state index is -0.869. The van der Waals surface area contributed by atoms with Crippen LogP contribution in [0.15, 0.2) is 0 Å². The Bertz CT molecular complexity index is 534. The third-order valence-corrected chi connectivity index (χ3v) is 3.37. The molecule has 1 aliphatic rings. The van der Waals surface area contributed by atoms with Crippen molar-refractivity contribution in [1.29, 1.82) is 0 Å². The molecule has 2 heterocycles. The largest absolute Gasteiger partial charge is 0.481 e. The summed E-state index contributed by atoms with van der Waals surface area (Å²) in [4.78, 5) is 28.6. The molecule has 0 spiro atoms. The zero-order chi connectivity index (χ0) is 14.7. The number of nitrogens with one attached hydrogen (secondary N) is 1. The normalized spacial score (nSPS) is 18.7. The van der Waals surface area contributed by atoms with E-state index in [9.17, 15) is 9.59 Å². The molecule has 0 radical (unpaired) electrons. The molecule has 20 heavy (non-hydrogen) atoms. The molecular formula is C12H17N5O3. The van der Waals surface area contributed by atoms with Crippen molar-refractivity contribution >= 4 is 17.9 Å². The molecule has 8 heteroatoms. The van der Waals surface area contributed by atoms with Crippen molar-refractivity contribution in [2.75, 3.05) is 18.4 Å². The number of carbonyl (C=O) groups is 2. The lowest BCUT2D eigenvalue weighted by Crippen LogP contribution is -2.44.